The Kier molecular flexibility index (Phi) is 10.5. The second-order valence-corrected chi connectivity index (χ2v) is 6.89. The van der Waals surface area contributed by atoms with Gasteiger partial charge >= 0.3 is 0 Å². The van der Waals surface area contributed by atoms with Gasteiger partial charge in [0.25, 0.3) is 0 Å². The van der Waals surface area contributed by atoms with E-state index in [0.29, 0.717) is 0 Å². The predicted octanol–water partition coefficient (Wildman–Crippen LogP) is 2.07. The second kappa shape index (κ2) is 11.5. The molecule has 0 atom stereocenters. The summed E-state index contributed by atoms with van der Waals surface area (Å²) in [6, 6.07) is 0. The first-order chi connectivity index (χ1) is 10.7. The Balaban J connectivity index is 0.00000264. The van der Waals surface area contributed by atoms with E-state index < -0.39 is 0 Å². The van der Waals surface area contributed by atoms with Crippen molar-refractivity contribution in [3.63, 3.8) is 0 Å². The lowest BCUT2D eigenvalue weighted by molar-refractivity contribution is 0.136. The molecule has 136 valence electrons. The van der Waals surface area contributed by atoms with Crippen LogP contribution in [0.3, 0.4) is 0 Å². The second-order valence-electron chi connectivity index (χ2n) is 6.89. The van der Waals surface area contributed by atoms with Gasteiger partial charge in [0.1, 0.15) is 0 Å². The third-order valence-electron chi connectivity index (χ3n) is 5.18. The number of nitrogens with zero attached hydrogens (tertiary/aromatic N) is 4. The monoisotopic (exact) mass is 437 g/mol. The molecule has 2 rings (SSSR count). The van der Waals surface area contributed by atoms with E-state index >= 15 is 0 Å². The van der Waals surface area contributed by atoms with Gasteiger partial charge in [-0.2, -0.15) is 0 Å². The highest BCUT2D eigenvalue weighted by Gasteiger charge is 2.17. The third-order valence-corrected chi connectivity index (χ3v) is 5.18. The van der Waals surface area contributed by atoms with Crippen LogP contribution >= 0.6 is 24.0 Å². The molecule has 2 fully saturated rings. The van der Waals surface area contributed by atoms with E-state index in [1.54, 1.807) is 0 Å². The normalized spacial score (nSPS) is 22.2. The minimum absolute atomic E-state index is 0. The van der Waals surface area contributed by atoms with E-state index in [2.05, 4.69) is 33.5 Å². The predicted molar refractivity (Wildman–Crippen MR) is 110 cm³/mol. The Labute approximate surface area is 159 Å². The number of likely N-dealkylation sites (N-methyl/N-ethyl adjacent to an activating group) is 1. The van der Waals surface area contributed by atoms with Crippen molar-refractivity contribution < 1.29 is 0 Å². The maximum atomic E-state index is 6.11. The van der Waals surface area contributed by atoms with E-state index in [1.165, 1.54) is 58.5 Å². The first kappa shape index (κ1) is 21.0. The van der Waals surface area contributed by atoms with Gasteiger partial charge in [-0.3, -0.25) is 4.99 Å². The van der Waals surface area contributed by atoms with Gasteiger partial charge < -0.3 is 20.4 Å². The standard InChI is InChI=1S/C17H35N5.HI/c1-3-20-12-14-21(15-13-20)9-5-4-8-19-17(18)22-10-6-16(2)7-11-22;/h16H,3-15H2,1-2H3,(H2,18,19);1H. The molecule has 0 radical (unpaired) electrons. The Morgan fingerprint density at radius 2 is 1.61 bits per heavy atom. The van der Waals surface area contributed by atoms with Crippen LogP contribution in [0.2, 0.25) is 0 Å². The number of piperidine rings is 1. The quantitative estimate of drug-likeness (QED) is 0.299. The van der Waals surface area contributed by atoms with Crippen molar-refractivity contribution in [2.45, 2.75) is 39.5 Å². The molecule has 0 saturated carbocycles. The maximum Gasteiger partial charge on any atom is 0.191 e. The van der Waals surface area contributed by atoms with E-state index in [4.69, 9.17) is 5.73 Å². The number of halogens is 1. The van der Waals surface area contributed by atoms with Crippen LogP contribution in [-0.4, -0.2) is 79.6 Å². The smallest absolute Gasteiger partial charge is 0.191 e. The van der Waals surface area contributed by atoms with Crippen LogP contribution < -0.4 is 5.73 Å². The van der Waals surface area contributed by atoms with Gasteiger partial charge in [0, 0.05) is 45.8 Å². The highest BCUT2D eigenvalue weighted by Crippen LogP contribution is 2.15. The number of unbranched alkanes of at least 4 members (excludes halogenated alkanes) is 1. The van der Waals surface area contributed by atoms with Gasteiger partial charge in [0.15, 0.2) is 5.96 Å². The summed E-state index contributed by atoms with van der Waals surface area (Å²) in [5, 5.41) is 0. The highest BCUT2D eigenvalue weighted by atomic mass is 127. The summed E-state index contributed by atoms with van der Waals surface area (Å²) in [5.74, 6) is 1.61. The van der Waals surface area contributed by atoms with Crippen LogP contribution in [-0.2, 0) is 0 Å². The fourth-order valence-corrected chi connectivity index (χ4v) is 3.31. The summed E-state index contributed by atoms with van der Waals surface area (Å²) in [5.41, 5.74) is 6.11. The minimum atomic E-state index is 0. The summed E-state index contributed by atoms with van der Waals surface area (Å²) in [4.78, 5) is 11.9. The fraction of sp³-hybridized carbons (Fsp3) is 0.941. The largest absolute Gasteiger partial charge is 0.370 e. The zero-order valence-electron chi connectivity index (χ0n) is 15.0. The molecule has 5 nitrogen and oxygen atoms in total. The zero-order valence-corrected chi connectivity index (χ0v) is 17.4. The van der Waals surface area contributed by atoms with Gasteiger partial charge in [0.05, 0.1) is 0 Å². The topological polar surface area (TPSA) is 48.1 Å². The molecular formula is C17H36IN5. The van der Waals surface area contributed by atoms with E-state index in [0.717, 1.165) is 37.9 Å². The summed E-state index contributed by atoms with van der Waals surface area (Å²) < 4.78 is 0. The molecule has 0 aliphatic carbocycles. The molecule has 0 aromatic rings. The Hall–Kier alpha value is -0.0800. The van der Waals surface area contributed by atoms with Gasteiger partial charge in [-0.25, -0.2) is 0 Å². The van der Waals surface area contributed by atoms with Crippen LogP contribution in [0.25, 0.3) is 0 Å². The van der Waals surface area contributed by atoms with Crippen molar-refractivity contribution in [3.8, 4) is 0 Å². The van der Waals surface area contributed by atoms with Crippen molar-refractivity contribution in [2.24, 2.45) is 16.6 Å². The third kappa shape index (κ3) is 7.56. The molecule has 2 saturated heterocycles. The Morgan fingerprint density at radius 1 is 1.00 bits per heavy atom. The molecule has 0 aromatic carbocycles. The zero-order chi connectivity index (χ0) is 15.8. The number of piperazine rings is 1. The summed E-state index contributed by atoms with van der Waals surface area (Å²) >= 11 is 0. The molecule has 0 aromatic heterocycles. The van der Waals surface area contributed by atoms with Crippen molar-refractivity contribution in [3.05, 3.63) is 0 Å². The van der Waals surface area contributed by atoms with Gasteiger partial charge in [-0.1, -0.05) is 13.8 Å². The molecule has 6 heteroatoms. The number of hydrogen-bond acceptors (Lipinski definition) is 3. The number of nitrogens with two attached hydrogens (primary N) is 1. The molecule has 0 amide bonds. The molecular weight excluding hydrogens is 401 g/mol. The molecule has 2 heterocycles. The summed E-state index contributed by atoms with van der Waals surface area (Å²) in [6.07, 6.45) is 4.89. The summed E-state index contributed by atoms with van der Waals surface area (Å²) in [6.45, 7) is 14.9. The number of hydrogen-bond donors (Lipinski definition) is 1. The van der Waals surface area contributed by atoms with E-state index in [-0.39, 0.29) is 24.0 Å². The molecule has 2 N–H and O–H groups in total. The Morgan fingerprint density at radius 3 is 2.22 bits per heavy atom. The fourth-order valence-electron chi connectivity index (χ4n) is 3.31. The first-order valence-corrected chi connectivity index (χ1v) is 9.18. The molecule has 2 aliphatic heterocycles. The minimum Gasteiger partial charge on any atom is -0.370 e. The molecule has 23 heavy (non-hydrogen) atoms. The van der Waals surface area contributed by atoms with Crippen LogP contribution in [0.5, 0.6) is 0 Å². The van der Waals surface area contributed by atoms with Crippen molar-refractivity contribution >= 4 is 29.9 Å². The Bertz CT molecular complexity index is 334. The van der Waals surface area contributed by atoms with Crippen LogP contribution in [0, 0.1) is 5.92 Å². The van der Waals surface area contributed by atoms with Crippen LogP contribution in [0.4, 0.5) is 0 Å². The van der Waals surface area contributed by atoms with Crippen molar-refractivity contribution in [1.29, 1.82) is 0 Å². The number of guanidine groups is 1. The number of likely N-dealkylation sites (tertiary alicyclic amines) is 1. The van der Waals surface area contributed by atoms with E-state index in [9.17, 15) is 0 Å². The average Bonchev–Trinajstić information content (AvgIpc) is 2.55. The summed E-state index contributed by atoms with van der Waals surface area (Å²) in [7, 11) is 0. The van der Waals surface area contributed by atoms with Gasteiger partial charge in [-0.15, -0.1) is 24.0 Å². The number of rotatable bonds is 6. The van der Waals surface area contributed by atoms with E-state index in [1.807, 2.05) is 0 Å². The number of aliphatic imine (C=N–C) groups is 1. The van der Waals surface area contributed by atoms with Crippen LogP contribution in [0.1, 0.15) is 39.5 Å². The molecule has 0 spiro atoms. The first-order valence-electron chi connectivity index (χ1n) is 9.18. The highest BCUT2D eigenvalue weighted by molar-refractivity contribution is 14.0. The lowest BCUT2D eigenvalue weighted by atomic mass is 10.00. The lowest BCUT2D eigenvalue weighted by Crippen LogP contribution is -2.46. The molecule has 0 unspecified atom stereocenters. The lowest BCUT2D eigenvalue weighted by Gasteiger charge is -2.34. The molecule has 2 aliphatic rings. The molecule has 0 bridgehead atoms. The SMILES string of the molecule is CCN1CCN(CCCCN=C(N)N2CCC(C)CC2)CC1.I. The van der Waals surface area contributed by atoms with Gasteiger partial charge in [0.2, 0.25) is 0 Å². The average molecular weight is 437 g/mol. The van der Waals surface area contributed by atoms with Crippen LogP contribution in [0.15, 0.2) is 4.99 Å². The van der Waals surface area contributed by atoms with Gasteiger partial charge in [-0.05, 0) is 44.7 Å². The van der Waals surface area contributed by atoms with Crippen molar-refractivity contribution in [2.75, 3.05) is 58.9 Å². The maximum absolute atomic E-state index is 6.11. The van der Waals surface area contributed by atoms with Crippen molar-refractivity contribution in [1.82, 2.24) is 14.7 Å².